The first kappa shape index (κ1) is 19.2. The Hall–Kier alpha value is -3.77. The maximum atomic E-state index is 6.27. The maximum absolute atomic E-state index is 6.27. The minimum atomic E-state index is 0.281. The summed E-state index contributed by atoms with van der Waals surface area (Å²) >= 11 is 6.27. The van der Waals surface area contributed by atoms with Crippen molar-refractivity contribution < 1.29 is 13.9 Å². The van der Waals surface area contributed by atoms with E-state index >= 15 is 0 Å². The number of ether oxygens (including phenoxy) is 2. The molecule has 3 aromatic carbocycles. The van der Waals surface area contributed by atoms with Crippen LogP contribution in [0.5, 0.6) is 17.2 Å². The van der Waals surface area contributed by atoms with Gasteiger partial charge in [-0.15, -0.1) is 5.10 Å². The Balaban J connectivity index is 1.32. The van der Waals surface area contributed by atoms with Gasteiger partial charge in [-0.25, -0.2) is 0 Å². The second-order valence-electron chi connectivity index (χ2n) is 6.89. The van der Waals surface area contributed by atoms with Crippen LogP contribution in [0.25, 0.3) is 17.2 Å². The molecule has 0 spiro atoms. The summed E-state index contributed by atoms with van der Waals surface area (Å²) in [5.74, 6) is 3.84. The van der Waals surface area contributed by atoms with Crippen LogP contribution in [0.15, 0.2) is 83.3 Å². The third kappa shape index (κ3) is 3.98. The van der Waals surface area contributed by atoms with Crippen molar-refractivity contribution in [2.45, 2.75) is 13.5 Å². The highest BCUT2D eigenvalue weighted by molar-refractivity contribution is 6.33. The minimum Gasteiger partial charge on any atom is -0.487 e. The molecule has 31 heavy (non-hydrogen) atoms. The second-order valence-corrected chi connectivity index (χ2v) is 7.30. The van der Waals surface area contributed by atoms with Crippen molar-refractivity contribution in [1.29, 1.82) is 0 Å². The van der Waals surface area contributed by atoms with Crippen LogP contribution in [0, 0.1) is 6.92 Å². The van der Waals surface area contributed by atoms with Crippen LogP contribution in [0.2, 0.25) is 5.02 Å². The number of aromatic nitrogens is 3. The third-order valence-electron chi connectivity index (χ3n) is 4.78. The van der Waals surface area contributed by atoms with E-state index in [1.807, 2.05) is 79.7 Å². The number of benzene rings is 3. The Morgan fingerprint density at radius 3 is 2.32 bits per heavy atom. The zero-order valence-electron chi connectivity index (χ0n) is 16.7. The molecule has 0 amide bonds. The van der Waals surface area contributed by atoms with E-state index < -0.39 is 0 Å². The molecule has 0 bridgehead atoms. The lowest BCUT2D eigenvalue weighted by Gasteiger charge is -2.08. The fourth-order valence-electron chi connectivity index (χ4n) is 3.18. The van der Waals surface area contributed by atoms with Crippen molar-refractivity contribution in [3.05, 3.63) is 95.3 Å². The first-order valence-corrected chi connectivity index (χ1v) is 10.1. The summed E-state index contributed by atoms with van der Waals surface area (Å²) in [6.45, 7) is 2.14. The average Bonchev–Trinajstić information content (AvgIpc) is 3.31. The van der Waals surface area contributed by atoms with E-state index in [-0.39, 0.29) is 6.61 Å². The predicted octanol–water partition coefficient (Wildman–Crippen LogP) is 6.32. The monoisotopic (exact) mass is 431 g/mol. The SMILES string of the molecule is Cc1oc2nc(-c3ccccc3Cl)nn2c1COc1ccc(Oc2ccccc2)cc1. The van der Waals surface area contributed by atoms with E-state index in [2.05, 4.69) is 10.1 Å². The molecular weight excluding hydrogens is 414 g/mol. The third-order valence-corrected chi connectivity index (χ3v) is 5.11. The fraction of sp³-hybridized carbons (Fsp3) is 0.0833. The standard InChI is InChI=1S/C24H18ClN3O3/c1-16-22(28-24(30-16)26-23(27-28)20-9-5-6-10-21(20)25)15-29-17-11-13-19(14-12-17)31-18-7-3-2-4-8-18/h2-14H,15H2,1H3. The highest BCUT2D eigenvalue weighted by atomic mass is 35.5. The first-order chi connectivity index (χ1) is 15.2. The molecule has 5 aromatic rings. The van der Waals surface area contributed by atoms with Gasteiger partial charge in [0.25, 0.3) is 0 Å². The van der Waals surface area contributed by atoms with Crippen molar-refractivity contribution in [2.24, 2.45) is 0 Å². The Morgan fingerprint density at radius 1 is 0.871 bits per heavy atom. The zero-order valence-corrected chi connectivity index (χ0v) is 17.4. The summed E-state index contributed by atoms with van der Waals surface area (Å²) in [4.78, 5) is 4.46. The number of aryl methyl sites for hydroxylation is 1. The van der Waals surface area contributed by atoms with E-state index in [4.69, 9.17) is 25.5 Å². The molecule has 0 radical (unpaired) electrons. The van der Waals surface area contributed by atoms with Gasteiger partial charge in [0.05, 0.1) is 5.02 Å². The first-order valence-electron chi connectivity index (χ1n) is 9.73. The summed E-state index contributed by atoms with van der Waals surface area (Å²) in [5, 5.41) is 5.15. The van der Waals surface area contributed by atoms with Crippen molar-refractivity contribution >= 4 is 17.4 Å². The number of nitrogens with zero attached hydrogens (tertiary/aromatic N) is 3. The summed E-state index contributed by atoms with van der Waals surface area (Å²) in [6, 6.07) is 24.5. The molecule has 0 fully saturated rings. The summed E-state index contributed by atoms with van der Waals surface area (Å²) < 4.78 is 19.2. The van der Waals surface area contributed by atoms with Crippen molar-refractivity contribution in [2.75, 3.05) is 0 Å². The number of hydrogen-bond acceptors (Lipinski definition) is 5. The van der Waals surface area contributed by atoms with Gasteiger partial charge in [-0.2, -0.15) is 9.50 Å². The Morgan fingerprint density at radius 2 is 1.55 bits per heavy atom. The second kappa shape index (κ2) is 8.16. The average molecular weight is 432 g/mol. The van der Waals surface area contributed by atoms with Crippen LogP contribution < -0.4 is 9.47 Å². The van der Waals surface area contributed by atoms with Gasteiger partial charge in [-0.3, -0.25) is 0 Å². The fourth-order valence-corrected chi connectivity index (χ4v) is 3.40. The normalized spacial score (nSPS) is 11.0. The van der Waals surface area contributed by atoms with E-state index in [0.717, 1.165) is 22.8 Å². The summed E-state index contributed by atoms with van der Waals surface area (Å²) in [6.07, 6.45) is 0. The smallest absolute Gasteiger partial charge is 0.325 e. The van der Waals surface area contributed by atoms with Gasteiger partial charge in [-0.1, -0.05) is 41.9 Å². The van der Waals surface area contributed by atoms with Crippen LogP contribution >= 0.6 is 11.6 Å². The lowest BCUT2D eigenvalue weighted by molar-refractivity contribution is 0.296. The highest BCUT2D eigenvalue weighted by Gasteiger charge is 2.18. The number of halogens is 1. The molecule has 5 rings (SSSR count). The maximum Gasteiger partial charge on any atom is 0.325 e. The molecule has 0 atom stereocenters. The molecule has 0 saturated carbocycles. The van der Waals surface area contributed by atoms with Crippen LogP contribution in [-0.2, 0) is 6.61 Å². The van der Waals surface area contributed by atoms with Crippen LogP contribution in [0.1, 0.15) is 11.5 Å². The van der Waals surface area contributed by atoms with Crippen molar-refractivity contribution in [3.63, 3.8) is 0 Å². The predicted molar refractivity (Wildman–Crippen MR) is 118 cm³/mol. The Bertz CT molecular complexity index is 1330. The number of para-hydroxylation sites is 1. The van der Waals surface area contributed by atoms with Gasteiger partial charge in [0.1, 0.15) is 35.3 Å². The van der Waals surface area contributed by atoms with Gasteiger partial charge in [0, 0.05) is 5.56 Å². The van der Waals surface area contributed by atoms with Gasteiger partial charge >= 0.3 is 5.84 Å². The molecular formula is C24H18ClN3O3. The van der Waals surface area contributed by atoms with Gasteiger partial charge < -0.3 is 13.9 Å². The quantitative estimate of drug-likeness (QED) is 0.314. The summed E-state index contributed by atoms with van der Waals surface area (Å²) in [7, 11) is 0. The molecule has 7 heteroatoms. The number of rotatable bonds is 6. The summed E-state index contributed by atoms with van der Waals surface area (Å²) in [5.41, 5.74) is 1.53. The van der Waals surface area contributed by atoms with E-state index in [9.17, 15) is 0 Å². The lowest BCUT2D eigenvalue weighted by atomic mass is 10.2. The van der Waals surface area contributed by atoms with E-state index in [1.165, 1.54) is 0 Å². The number of oxazole rings is 1. The Kier molecular flexibility index (Phi) is 5.06. The van der Waals surface area contributed by atoms with Crippen LogP contribution in [0.3, 0.4) is 0 Å². The molecule has 0 saturated heterocycles. The molecule has 0 N–H and O–H groups in total. The molecule has 0 aliphatic heterocycles. The topological polar surface area (TPSA) is 61.8 Å². The van der Waals surface area contributed by atoms with Crippen LogP contribution in [-0.4, -0.2) is 14.6 Å². The van der Waals surface area contributed by atoms with E-state index in [1.54, 1.807) is 10.6 Å². The molecule has 154 valence electrons. The molecule has 0 aliphatic carbocycles. The van der Waals surface area contributed by atoms with Gasteiger partial charge in [-0.05, 0) is 55.5 Å². The Labute approximate surface area is 183 Å². The minimum absolute atomic E-state index is 0.281. The van der Waals surface area contributed by atoms with E-state index in [0.29, 0.717) is 28.2 Å². The van der Waals surface area contributed by atoms with Gasteiger partial charge in [0.2, 0.25) is 0 Å². The number of fused-ring (bicyclic) bond motifs is 1. The molecule has 0 unspecified atom stereocenters. The zero-order chi connectivity index (χ0) is 21.2. The molecule has 0 aliphatic rings. The molecule has 2 heterocycles. The van der Waals surface area contributed by atoms with Crippen molar-refractivity contribution in [1.82, 2.24) is 14.6 Å². The molecule has 2 aromatic heterocycles. The molecule has 6 nitrogen and oxygen atoms in total. The lowest BCUT2D eigenvalue weighted by Crippen LogP contribution is -2.02. The van der Waals surface area contributed by atoms with Crippen molar-refractivity contribution in [3.8, 4) is 28.6 Å². The van der Waals surface area contributed by atoms with Gasteiger partial charge in [0.15, 0.2) is 5.82 Å². The largest absolute Gasteiger partial charge is 0.487 e. The number of hydrogen-bond donors (Lipinski definition) is 0. The highest BCUT2D eigenvalue weighted by Crippen LogP contribution is 2.28. The van der Waals surface area contributed by atoms with Crippen LogP contribution in [0.4, 0.5) is 0 Å².